The summed E-state index contributed by atoms with van der Waals surface area (Å²) in [4.78, 5) is 10.3. The zero-order valence-corrected chi connectivity index (χ0v) is 10.3. The van der Waals surface area contributed by atoms with Crippen LogP contribution >= 0.6 is 11.8 Å². The third-order valence-corrected chi connectivity index (χ3v) is 3.95. The highest BCUT2D eigenvalue weighted by molar-refractivity contribution is 7.99. The van der Waals surface area contributed by atoms with Crippen molar-refractivity contribution in [1.82, 2.24) is 5.32 Å². The lowest BCUT2D eigenvalue weighted by atomic mass is 9.93. The molecular formula is C11H21NO3S. The number of nitrogens with one attached hydrogen (secondary N) is 1. The molecule has 1 fully saturated rings. The molecule has 1 saturated heterocycles. The molecule has 0 aromatic heterocycles. The number of aliphatic hydroxyl groups excluding tert-OH is 1. The van der Waals surface area contributed by atoms with Gasteiger partial charge in [-0.2, -0.15) is 11.8 Å². The van der Waals surface area contributed by atoms with E-state index >= 15 is 0 Å². The average molecular weight is 247 g/mol. The smallest absolute Gasteiger partial charge is 0.304 e. The fourth-order valence-electron chi connectivity index (χ4n) is 1.95. The third kappa shape index (κ3) is 5.72. The molecular weight excluding hydrogens is 226 g/mol. The zero-order chi connectivity index (χ0) is 11.8. The third-order valence-electron chi connectivity index (χ3n) is 2.88. The van der Waals surface area contributed by atoms with Crippen molar-refractivity contribution < 1.29 is 15.0 Å². The molecule has 16 heavy (non-hydrogen) atoms. The van der Waals surface area contributed by atoms with E-state index in [4.69, 9.17) is 5.11 Å². The van der Waals surface area contributed by atoms with Crippen molar-refractivity contribution in [3.8, 4) is 0 Å². The van der Waals surface area contributed by atoms with E-state index in [-0.39, 0.29) is 12.6 Å². The Morgan fingerprint density at radius 3 is 2.94 bits per heavy atom. The van der Waals surface area contributed by atoms with Gasteiger partial charge in [0.05, 0.1) is 6.42 Å². The number of hydrogen-bond donors (Lipinski definition) is 3. The van der Waals surface area contributed by atoms with Gasteiger partial charge in [-0.1, -0.05) is 0 Å². The number of piperidine rings is 1. The Morgan fingerprint density at radius 2 is 2.25 bits per heavy atom. The first-order chi connectivity index (χ1) is 7.70. The second-order valence-electron chi connectivity index (χ2n) is 4.20. The molecule has 0 aliphatic carbocycles. The molecule has 4 nitrogen and oxygen atoms in total. The van der Waals surface area contributed by atoms with E-state index in [0.29, 0.717) is 11.7 Å². The molecule has 5 heteroatoms. The van der Waals surface area contributed by atoms with Crippen molar-refractivity contribution in [3.63, 3.8) is 0 Å². The molecule has 0 amide bonds. The topological polar surface area (TPSA) is 69.6 Å². The van der Waals surface area contributed by atoms with Gasteiger partial charge in [0.1, 0.15) is 6.23 Å². The fourth-order valence-corrected chi connectivity index (χ4v) is 2.84. The highest BCUT2D eigenvalue weighted by atomic mass is 32.2. The summed E-state index contributed by atoms with van der Waals surface area (Å²) in [6.07, 6.45) is 4.26. The van der Waals surface area contributed by atoms with Crippen LogP contribution in [0, 0.1) is 5.92 Å². The van der Waals surface area contributed by atoms with Gasteiger partial charge in [-0.25, -0.2) is 0 Å². The number of thioether (sulfide) groups is 1. The quantitative estimate of drug-likeness (QED) is 0.591. The predicted octanol–water partition coefficient (Wildman–Crippen LogP) is 1.29. The largest absolute Gasteiger partial charge is 0.481 e. The summed E-state index contributed by atoms with van der Waals surface area (Å²) < 4.78 is 0. The van der Waals surface area contributed by atoms with Gasteiger partial charge in [0, 0.05) is 5.75 Å². The van der Waals surface area contributed by atoms with Crippen LogP contribution in [0.2, 0.25) is 0 Å². The van der Waals surface area contributed by atoms with Crippen molar-refractivity contribution in [2.75, 3.05) is 18.1 Å². The van der Waals surface area contributed by atoms with Gasteiger partial charge in [0.15, 0.2) is 0 Å². The van der Waals surface area contributed by atoms with Crippen molar-refractivity contribution in [2.45, 2.75) is 38.3 Å². The predicted molar refractivity (Wildman–Crippen MR) is 65.5 cm³/mol. The zero-order valence-electron chi connectivity index (χ0n) is 9.52. The fraction of sp³-hybridized carbons (Fsp3) is 0.909. The highest BCUT2D eigenvalue weighted by Crippen LogP contribution is 2.21. The second-order valence-corrected chi connectivity index (χ2v) is 5.42. The van der Waals surface area contributed by atoms with E-state index in [2.05, 4.69) is 5.32 Å². The minimum Gasteiger partial charge on any atom is -0.481 e. The molecule has 1 aliphatic heterocycles. The molecule has 0 aromatic carbocycles. The lowest BCUT2D eigenvalue weighted by Crippen LogP contribution is -2.41. The minimum absolute atomic E-state index is 0.248. The monoisotopic (exact) mass is 247 g/mol. The maximum atomic E-state index is 10.3. The maximum absolute atomic E-state index is 10.3. The van der Waals surface area contributed by atoms with E-state index in [0.717, 1.165) is 38.0 Å². The van der Waals surface area contributed by atoms with Crippen LogP contribution < -0.4 is 5.32 Å². The van der Waals surface area contributed by atoms with E-state index in [9.17, 15) is 9.90 Å². The summed E-state index contributed by atoms with van der Waals surface area (Å²) in [5.41, 5.74) is 0. The minimum atomic E-state index is -0.723. The lowest BCUT2D eigenvalue weighted by molar-refractivity contribution is -0.136. The van der Waals surface area contributed by atoms with Crippen molar-refractivity contribution in [3.05, 3.63) is 0 Å². The van der Waals surface area contributed by atoms with Gasteiger partial charge in [-0.05, 0) is 43.9 Å². The first-order valence-electron chi connectivity index (χ1n) is 5.91. The van der Waals surface area contributed by atoms with Crippen LogP contribution in [-0.4, -0.2) is 40.5 Å². The molecule has 94 valence electrons. The van der Waals surface area contributed by atoms with E-state index in [1.807, 2.05) is 0 Å². The number of aliphatic hydroxyl groups is 1. The first kappa shape index (κ1) is 13.8. The molecule has 1 heterocycles. The van der Waals surface area contributed by atoms with Crippen LogP contribution in [0.5, 0.6) is 0 Å². The van der Waals surface area contributed by atoms with Gasteiger partial charge in [0.25, 0.3) is 0 Å². The van der Waals surface area contributed by atoms with Crippen LogP contribution in [-0.2, 0) is 4.79 Å². The van der Waals surface area contributed by atoms with Crippen LogP contribution in [0.1, 0.15) is 32.1 Å². The van der Waals surface area contributed by atoms with Crippen LogP contribution in [0.4, 0.5) is 0 Å². The molecule has 0 spiro atoms. The van der Waals surface area contributed by atoms with Gasteiger partial charge in [-0.3, -0.25) is 10.1 Å². The Bertz CT molecular complexity index is 213. The Labute approximate surface area is 101 Å². The van der Waals surface area contributed by atoms with Crippen LogP contribution in [0.15, 0.2) is 0 Å². The normalized spacial score (nSPS) is 25.6. The molecule has 1 rings (SSSR count). The molecule has 2 atom stereocenters. The molecule has 2 unspecified atom stereocenters. The number of hydrogen-bond acceptors (Lipinski definition) is 4. The van der Waals surface area contributed by atoms with Crippen LogP contribution in [0.25, 0.3) is 0 Å². The number of aliphatic carboxylic acids is 1. The Hall–Kier alpha value is -0.260. The van der Waals surface area contributed by atoms with Gasteiger partial charge < -0.3 is 10.2 Å². The summed E-state index contributed by atoms with van der Waals surface area (Å²) in [6, 6.07) is 0. The van der Waals surface area contributed by atoms with E-state index < -0.39 is 5.97 Å². The van der Waals surface area contributed by atoms with Gasteiger partial charge >= 0.3 is 5.97 Å². The first-order valence-corrected chi connectivity index (χ1v) is 7.06. The summed E-state index contributed by atoms with van der Waals surface area (Å²) in [5.74, 6) is 1.35. The molecule has 0 radical (unpaired) electrons. The van der Waals surface area contributed by atoms with Crippen molar-refractivity contribution >= 4 is 17.7 Å². The maximum Gasteiger partial charge on any atom is 0.304 e. The van der Waals surface area contributed by atoms with Crippen molar-refractivity contribution in [2.24, 2.45) is 5.92 Å². The average Bonchev–Trinajstić information content (AvgIpc) is 2.25. The second kappa shape index (κ2) is 7.92. The summed E-state index contributed by atoms with van der Waals surface area (Å²) in [7, 11) is 0. The molecule has 0 bridgehead atoms. The lowest BCUT2D eigenvalue weighted by Gasteiger charge is -2.28. The summed E-state index contributed by atoms with van der Waals surface area (Å²) in [6.45, 7) is 0.922. The SMILES string of the molecule is O=C(O)CCSCCCC1CCCNC1O. The standard InChI is InChI=1S/C11H21NO3S/c13-10(14)5-8-16-7-2-4-9-3-1-6-12-11(9)15/h9,11-12,15H,1-8H2,(H,13,14). The molecule has 0 aromatic rings. The Morgan fingerprint density at radius 1 is 1.44 bits per heavy atom. The molecule has 0 saturated carbocycles. The molecule has 1 aliphatic rings. The Kier molecular flexibility index (Phi) is 6.84. The number of rotatable bonds is 7. The number of carboxylic acid groups (broad SMARTS) is 1. The Balaban J connectivity index is 1.95. The van der Waals surface area contributed by atoms with E-state index in [1.54, 1.807) is 11.8 Å². The van der Waals surface area contributed by atoms with Crippen LogP contribution in [0.3, 0.4) is 0 Å². The highest BCUT2D eigenvalue weighted by Gasteiger charge is 2.21. The number of carboxylic acids is 1. The molecule has 3 N–H and O–H groups in total. The summed E-state index contributed by atoms with van der Waals surface area (Å²) in [5, 5.41) is 21.2. The van der Waals surface area contributed by atoms with Gasteiger partial charge in [-0.15, -0.1) is 0 Å². The van der Waals surface area contributed by atoms with Crippen molar-refractivity contribution in [1.29, 1.82) is 0 Å². The van der Waals surface area contributed by atoms with E-state index in [1.165, 1.54) is 0 Å². The number of carbonyl (C=O) groups is 1. The van der Waals surface area contributed by atoms with Gasteiger partial charge in [0.2, 0.25) is 0 Å². The summed E-state index contributed by atoms with van der Waals surface area (Å²) >= 11 is 1.69.